The van der Waals surface area contributed by atoms with Crippen LogP contribution in [0.3, 0.4) is 0 Å². The number of hydrogen-bond donors (Lipinski definition) is 1. The number of piperazine rings is 1. The standard InChI is InChI=1S/C25H23N3O2S/c29-24-22(18-21-12-7-17-30-21)31-25(26-24)28-15-13-27(14-16-28)23(19-8-3-1-4-9-19)20-10-5-2-6-11-20/h1-12,17-18,23H,13-16H2/p+1/b22-18-. The molecule has 1 fully saturated rings. The van der Waals surface area contributed by atoms with Crippen LogP contribution in [0.5, 0.6) is 0 Å². The van der Waals surface area contributed by atoms with Gasteiger partial charge in [-0.3, -0.25) is 4.79 Å². The van der Waals surface area contributed by atoms with E-state index in [1.807, 2.05) is 12.1 Å². The Bertz CT molecular complexity index is 1050. The van der Waals surface area contributed by atoms with Gasteiger partial charge in [-0.15, -0.1) is 0 Å². The molecule has 0 unspecified atom stereocenters. The third-order valence-electron chi connectivity index (χ3n) is 5.78. The third-order valence-corrected chi connectivity index (χ3v) is 6.82. The Hall–Kier alpha value is -3.09. The summed E-state index contributed by atoms with van der Waals surface area (Å²) >= 11 is 1.44. The second-order valence-electron chi connectivity index (χ2n) is 7.73. The monoisotopic (exact) mass is 430 g/mol. The van der Waals surface area contributed by atoms with Gasteiger partial charge in [0.2, 0.25) is 0 Å². The van der Waals surface area contributed by atoms with Crippen molar-refractivity contribution in [1.29, 1.82) is 0 Å². The lowest BCUT2D eigenvalue weighted by Crippen LogP contribution is -3.15. The third kappa shape index (κ3) is 4.36. The fraction of sp³-hybridized carbons (Fsp3) is 0.200. The molecule has 3 aromatic rings. The Labute approximate surface area is 186 Å². The Morgan fingerprint density at radius 3 is 2.16 bits per heavy atom. The lowest BCUT2D eigenvalue weighted by molar-refractivity contribution is -0.929. The zero-order valence-electron chi connectivity index (χ0n) is 17.1. The molecule has 5 nitrogen and oxygen atoms in total. The molecule has 2 aliphatic rings. The van der Waals surface area contributed by atoms with Gasteiger partial charge in [-0.05, 0) is 23.9 Å². The number of carbonyl (C=O) groups excluding carboxylic acids is 1. The Kier molecular flexibility index (Phi) is 5.74. The normalized spacial score (nSPS) is 18.7. The Balaban J connectivity index is 1.29. The minimum absolute atomic E-state index is 0.183. The Morgan fingerprint density at radius 1 is 0.935 bits per heavy atom. The molecular weight excluding hydrogens is 406 g/mol. The van der Waals surface area contributed by atoms with Crippen LogP contribution in [0, 0.1) is 0 Å². The molecule has 2 aromatic carbocycles. The van der Waals surface area contributed by atoms with E-state index in [-0.39, 0.29) is 5.91 Å². The van der Waals surface area contributed by atoms with Gasteiger partial charge in [0.1, 0.15) is 11.8 Å². The number of amides is 1. The summed E-state index contributed by atoms with van der Waals surface area (Å²) in [6, 6.07) is 25.4. The average Bonchev–Trinajstić information content (AvgIpc) is 3.46. The van der Waals surface area contributed by atoms with Crippen LogP contribution in [0.1, 0.15) is 22.9 Å². The predicted molar refractivity (Wildman–Crippen MR) is 124 cm³/mol. The van der Waals surface area contributed by atoms with E-state index in [0.29, 0.717) is 16.7 Å². The van der Waals surface area contributed by atoms with Crippen molar-refractivity contribution >= 4 is 28.9 Å². The van der Waals surface area contributed by atoms with E-state index in [9.17, 15) is 4.79 Å². The van der Waals surface area contributed by atoms with Gasteiger partial charge in [0.15, 0.2) is 5.17 Å². The van der Waals surface area contributed by atoms with Crippen molar-refractivity contribution in [2.24, 2.45) is 4.99 Å². The molecule has 0 radical (unpaired) electrons. The van der Waals surface area contributed by atoms with Crippen molar-refractivity contribution in [2.75, 3.05) is 26.2 Å². The summed E-state index contributed by atoms with van der Waals surface area (Å²) in [7, 11) is 0. The van der Waals surface area contributed by atoms with Gasteiger partial charge < -0.3 is 14.2 Å². The average molecular weight is 431 g/mol. The molecule has 0 saturated carbocycles. The highest BCUT2D eigenvalue weighted by atomic mass is 32.2. The molecule has 5 rings (SSSR count). The van der Waals surface area contributed by atoms with Gasteiger partial charge in [0.25, 0.3) is 5.91 Å². The van der Waals surface area contributed by atoms with Crippen LogP contribution in [0.15, 0.2) is 93.4 Å². The van der Waals surface area contributed by atoms with Gasteiger partial charge in [-0.2, -0.15) is 4.99 Å². The maximum absolute atomic E-state index is 12.3. The number of furan rings is 1. The molecule has 31 heavy (non-hydrogen) atoms. The molecule has 1 amide bonds. The number of hydrogen-bond acceptors (Lipinski definition) is 4. The molecule has 0 atom stereocenters. The summed E-state index contributed by atoms with van der Waals surface area (Å²) in [5.41, 5.74) is 2.67. The summed E-state index contributed by atoms with van der Waals surface area (Å²) in [4.78, 5) is 21.0. The Morgan fingerprint density at radius 2 is 1.58 bits per heavy atom. The van der Waals surface area contributed by atoms with Crippen LogP contribution in [0.2, 0.25) is 0 Å². The number of carbonyl (C=O) groups is 1. The second-order valence-corrected chi connectivity index (χ2v) is 8.73. The zero-order chi connectivity index (χ0) is 21.0. The lowest BCUT2D eigenvalue weighted by Gasteiger charge is -2.37. The maximum Gasteiger partial charge on any atom is 0.286 e. The largest absolute Gasteiger partial charge is 0.465 e. The maximum atomic E-state index is 12.3. The van der Waals surface area contributed by atoms with E-state index in [1.165, 1.54) is 27.8 Å². The van der Waals surface area contributed by atoms with Gasteiger partial charge in [-0.1, -0.05) is 60.7 Å². The van der Waals surface area contributed by atoms with Gasteiger partial charge in [-0.25, -0.2) is 0 Å². The van der Waals surface area contributed by atoms with Crippen molar-refractivity contribution in [3.63, 3.8) is 0 Å². The number of benzene rings is 2. The summed E-state index contributed by atoms with van der Waals surface area (Å²) in [5, 5.41) is 0.804. The minimum atomic E-state index is -0.183. The predicted octanol–water partition coefficient (Wildman–Crippen LogP) is 3.24. The van der Waals surface area contributed by atoms with E-state index in [1.54, 1.807) is 12.3 Å². The summed E-state index contributed by atoms with van der Waals surface area (Å²) in [6.45, 7) is 3.72. The highest BCUT2D eigenvalue weighted by Crippen LogP contribution is 2.30. The van der Waals surface area contributed by atoms with E-state index in [4.69, 9.17) is 4.42 Å². The topological polar surface area (TPSA) is 50.2 Å². The first-order chi connectivity index (χ1) is 15.3. The van der Waals surface area contributed by atoms with Gasteiger partial charge in [0.05, 0.1) is 37.3 Å². The van der Waals surface area contributed by atoms with Crippen molar-refractivity contribution in [3.8, 4) is 0 Å². The van der Waals surface area contributed by atoms with Crippen LogP contribution in [-0.2, 0) is 4.79 Å². The summed E-state index contributed by atoms with van der Waals surface area (Å²) in [6.07, 6.45) is 3.38. The highest BCUT2D eigenvalue weighted by molar-refractivity contribution is 8.18. The van der Waals surface area contributed by atoms with E-state index >= 15 is 0 Å². The molecule has 3 heterocycles. The first-order valence-electron chi connectivity index (χ1n) is 10.5. The quantitative estimate of drug-likeness (QED) is 0.646. The fourth-order valence-corrected chi connectivity index (χ4v) is 5.21. The lowest BCUT2D eigenvalue weighted by atomic mass is 9.96. The number of aliphatic imine (C=N–C) groups is 1. The van der Waals surface area contributed by atoms with Crippen molar-refractivity contribution in [2.45, 2.75) is 6.04 Å². The molecule has 0 spiro atoms. The van der Waals surface area contributed by atoms with Crippen LogP contribution in [-0.4, -0.2) is 42.2 Å². The SMILES string of the molecule is O=C1N=C(N2CC[NH+](C(c3ccccc3)c3ccccc3)CC2)S/C1=C\c1ccco1. The van der Waals surface area contributed by atoms with Gasteiger partial charge in [0, 0.05) is 17.2 Å². The van der Waals surface area contributed by atoms with Crippen molar-refractivity contribution in [3.05, 3.63) is 101 Å². The minimum Gasteiger partial charge on any atom is -0.465 e. The first-order valence-corrected chi connectivity index (χ1v) is 11.3. The van der Waals surface area contributed by atoms with Crippen molar-refractivity contribution in [1.82, 2.24) is 4.90 Å². The van der Waals surface area contributed by atoms with Crippen LogP contribution < -0.4 is 4.90 Å². The fourth-order valence-electron chi connectivity index (χ4n) is 4.26. The molecule has 1 N–H and O–H groups in total. The smallest absolute Gasteiger partial charge is 0.286 e. The molecule has 6 heteroatoms. The first kappa shape index (κ1) is 19.8. The zero-order valence-corrected chi connectivity index (χ0v) is 17.9. The second kappa shape index (κ2) is 8.96. The summed E-state index contributed by atoms with van der Waals surface area (Å²) < 4.78 is 5.34. The number of quaternary nitrogens is 1. The number of rotatable bonds is 4. The number of nitrogens with one attached hydrogen (secondary N) is 1. The molecule has 2 aliphatic heterocycles. The number of amidine groups is 1. The molecular formula is C25H24N3O2S+. The summed E-state index contributed by atoms with van der Waals surface area (Å²) in [5.74, 6) is 0.493. The van der Waals surface area contributed by atoms with Crippen LogP contribution in [0.4, 0.5) is 0 Å². The van der Waals surface area contributed by atoms with Crippen LogP contribution >= 0.6 is 11.8 Å². The molecule has 0 bridgehead atoms. The number of nitrogens with zero attached hydrogens (tertiary/aromatic N) is 2. The van der Waals surface area contributed by atoms with E-state index in [2.05, 4.69) is 70.6 Å². The highest BCUT2D eigenvalue weighted by Gasteiger charge is 2.33. The van der Waals surface area contributed by atoms with E-state index < -0.39 is 0 Å². The van der Waals surface area contributed by atoms with Gasteiger partial charge >= 0.3 is 0 Å². The van der Waals surface area contributed by atoms with Crippen LogP contribution in [0.25, 0.3) is 6.08 Å². The number of thioether (sulfide) groups is 1. The molecule has 156 valence electrons. The molecule has 0 aliphatic carbocycles. The molecule has 1 saturated heterocycles. The van der Waals surface area contributed by atoms with E-state index in [0.717, 1.165) is 31.3 Å². The van der Waals surface area contributed by atoms with Crippen molar-refractivity contribution < 1.29 is 14.1 Å². The molecule has 1 aromatic heterocycles.